The van der Waals surface area contributed by atoms with Crippen molar-refractivity contribution >= 4 is 16.9 Å². The summed E-state index contributed by atoms with van der Waals surface area (Å²) in [6.45, 7) is 9.74. The highest BCUT2D eigenvalue weighted by Crippen LogP contribution is 2.34. The van der Waals surface area contributed by atoms with Gasteiger partial charge in [-0.3, -0.25) is 4.98 Å². The largest absolute Gasteiger partial charge is 0.355 e. The summed E-state index contributed by atoms with van der Waals surface area (Å²) < 4.78 is 31.2. The molecule has 0 bridgehead atoms. The van der Waals surface area contributed by atoms with Crippen LogP contribution in [-0.2, 0) is 0 Å². The fourth-order valence-electron chi connectivity index (χ4n) is 4.99. The fourth-order valence-corrected chi connectivity index (χ4v) is 4.99. The molecule has 1 unspecified atom stereocenters. The maximum atomic E-state index is 14.9. The minimum Gasteiger partial charge on any atom is -0.351 e. The first-order chi connectivity index (χ1) is 18.2. The highest BCUT2D eigenvalue weighted by Gasteiger charge is 2.28. The smallest absolute Gasteiger partial charge is 0.351 e. The molecule has 1 aliphatic heterocycles. The van der Waals surface area contributed by atoms with Crippen LogP contribution in [0.5, 0.6) is 0 Å². The molecule has 8 nitrogen and oxygen atoms in total. The van der Waals surface area contributed by atoms with Gasteiger partial charge in [0.2, 0.25) is 0 Å². The van der Waals surface area contributed by atoms with E-state index in [1.165, 1.54) is 16.7 Å². The zero-order valence-corrected chi connectivity index (χ0v) is 21.6. The molecular weight excluding hydrogens is 488 g/mol. The fraction of sp³-hybridized carbons (Fsp3) is 0.321. The molecule has 0 amide bonds. The van der Waals surface area contributed by atoms with E-state index in [0.717, 1.165) is 17.7 Å². The lowest BCUT2D eigenvalue weighted by Gasteiger charge is -2.35. The van der Waals surface area contributed by atoms with E-state index in [4.69, 9.17) is 0 Å². The molecule has 1 aliphatic rings. The molecule has 0 saturated carbocycles. The minimum absolute atomic E-state index is 0.00952. The molecule has 0 aliphatic carbocycles. The summed E-state index contributed by atoms with van der Waals surface area (Å²) in [5.41, 5.74) is 0.873. The molecule has 4 aromatic rings. The van der Waals surface area contributed by atoms with Gasteiger partial charge in [0.15, 0.2) is 5.65 Å². The first-order valence-corrected chi connectivity index (χ1v) is 12.5. The minimum atomic E-state index is -0.854. The molecule has 0 radical (unpaired) electrons. The normalized spacial score (nSPS) is 15.7. The number of piperazine rings is 1. The monoisotopic (exact) mass is 515 g/mol. The van der Waals surface area contributed by atoms with Crippen LogP contribution in [0.1, 0.15) is 43.5 Å². The third-order valence-corrected chi connectivity index (χ3v) is 6.87. The Morgan fingerprint density at radius 1 is 1.18 bits per heavy atom. The SMILES string of the molecule is Cc1ccnc(C(C)C)c1-n1c(=O)nc(N2CCNCC2C)c2cc(C#N)c(-c3c(F)cccc3F)nc21. The van der Waals surface area contributed by atoms with Crippen LogP contribution in [0, 0.1) is 29.9 Å². The summed E-state index contributed by atoms with van der Waals surface area (Å²) in [6.07, 6.45) is 1.67. The second-order valence-electron chi connectivity index (χ2n) is 9.78. The third kappa shape index (κ3) is 4.19. The Morgan fingerprint density at radius 3 is 2.58 bits per heavy atom. The van der Waals surface area contributed by atoms with Crippen molar-refractivity contribution in [2.24, 2.45) is 0 Å². The number of hydrogen-bond acceptors (Lipinski definition) is 7. The number of benzene rings is 1. The predicted octanol–water partition coefficient (Wildman–Crippen LogP) is 4.22. The summed E-state index contributed by atoms with van der Waals surface area (Å²) in [5.74, 6) is -1.37. The van der Waals surface area contributed by atoms with Crippen LogP contribution < -0.4 is 15.9 Å². The molecule has 3 aromatic heterocycles. The zero-order valence-electron chi connectivity index (χ0n) is 21.6. The van der Waals surface area contributed by atoms with Gasteiger partial charge in [-0.15, -0.1) is 0 Å². The highest BCUT2D eigenvalue weighted by atomic mass is 19.1. The van der Waals surface area contributed by atoms with Crippen molar-refractivity contribution in [2.75, 3.05) is 24.5 Å². The van der Waals surface area contributed by atoms with E-state index in [1.54, 1.807) is 12.3 Å². The summed E-state index contributed by atoms with van der Waals surface area (Å²) in [5, 5.41) is 13.8. The Kier molecular flexibility index (Phi) is 6.63. The summed E-state index contributed by atoms with van der Waals surface area (Å²) >= 11 is 0. The lowest BCUT2D eigenvalue weighted by Crippen LogP contribution is -2.50. The van der Waals surface area contributed by atoms with Crippen molar-refractivity contribution in [3.63, 3.8) is 0 Å². The molecule has 194 valence electrons. The first-order valence-electron chi connectivity index (χ1n) is 12.5. The number of anilines is 1. The molecule has 1 saturated heterocycles. The maximum absolute atomic E-state index is 14.9. The van der Waals surface area contributed by atoms with E-state index in [2.05, 4.69) is 20.3 Å². The Labute approximate surface area is 218 Å². The van der Waals surface area contributed by atoms with Gasteiger partial charge in [-0.25, -0.2) is 23.1 Å². The zero-order chi connectivity index (χ0) is 27.1. The summed E-state index contributed by atoms with van der Waals surface area (Å²) in [4.78, 5) is 29.4. The first kappa shape index (κ1) is 25.4. The standard InChI is InChI=1S/C28H27F2N7O/c1-15(2)23-25(16(3)8-9-33-23)37-27-19(26(35-28(37)38)36-11-10-32-14-17(36)4)12-18(13-31)24(34-27)22-20(29)6-5-7-21(22)30/h5-9,12,15,17,32H,10-11,14H2,1-4H3. The third-order valence-electron chi connectivity index (χ3n) is 6.87. The number of nitrogens with one attached hydrogen (secondary N) is 1. The maximum Gasteiger partial charge on any atom is 0.355 e. The van der Waals surface area contributed by atoms with E-state index in [1.807, 2.05) is 38.7 Å². The number of aryl methyl sites for hydroxylation is 1. The number of rotatable bonds is 4. The average Bonchev–Trinajstić information content (AvgIpc) is 2.88. The molecule has 0 spiro atoms. The van der Waals surface area contributed by atoms with Crippen molar-refractivity contribution in [2.45, 2.75) is 39.7 Å². The van der Waals surface area contributed by atoms with Gasteiger partial charge in [-0.05, 0) is 49.6 Å². The van der Waals surface area contributed by atoms with Gasteiger partial charge in [0.05, 0.1) is 33.6 Å². The van der Waals surface area contributed by atoms with Crippen molar-refractivity contribution in [3.8, 4) is 23.0 Å². The van der Waals surface area contributed by atoms with Gasteiger partial charge in [0.25, 0.3) is 0 Å². The number of fused-ring (bicyclic) bond motifs is 1. The van der Waals surface area contributed by atoms with Gasteiger partial charge in [-0.2, -0.15) is 10.2 Å². The van der Waals surface area contributed by atoms with Gasteiger partial charge in [-0.1, -0.05) is 19.9 Å². The van der Waals surface area contributed by atoms with Crippen LogP contribution >= 0.6 is 0 Å². The second kappa shape index (κ2) is 9.91. The Balaban J connectivity index is 1.95. The molecule has 4 heterocycles. The molecule has 1 aromatic carbocycles. The second-order valence-corrected chi connectivity index (χ2v) is 9.78. The van der Waals surface area contributed by atoms with Crippen molar-refractivity contribution in [3.05, 3.63) is 75.5 Å². The number of nitrogens with zero attached hydrogens (tertiary/aromatic N) is 6. The van der Waals surface area contributed by atoms with Gasteiger partial charge < -0.3 is 10.2 Å². The molecule has 1 fully saturated rings. The summed E-state index contributed by atoms with van der Waals surface area (Å²) in [6, 6.07) is 8.84. The topological polar surface area (TPSA) is 99.7 Å². The van der Waals surface area contributed by atoms with Gasteiger partial charge in [0.1, 0.15) is 23.5 Å². The van der Waals surface area contributed by atoms with Gasteiger partial charge >= 0.3 is 5.69 Å². The lowest BCUT2D eigenvalue weighted by atomic mass is 10.0. The number of aromatic nitrogens is 4. The number of pyridine rings is 2. The Bertz CT molecular complexity index is 1640. The Hall–Kier alpha value is -4.23. The van der Waals surface area contributed by atoms with E-state index in [0.29, 0.717) is 42.2 Å². The van der Waals surface area contributed by atoms with E-state index < -0.39 is 22.9 Å². The van der Waals surface area contributed by atoms with E-state index >= 15 is 0 Å². The highest BCUT2D eigenvalue weighted by molar-refractivity contribution is 5.92. The predicted molar refractivity (Wildman–Crippen MR) is 142 cm³/mol. The van der Waals surface area contributed by atoms with Crippen LogP contribution in [0.15, 0.2) is 41.3 Å². The molecule has 38 heavy (non-hydrogen) atoms. The van der Waals surface area contributed by atoms with Crippen molar-refractivity contribution in [1.82, 2.24) is 24.8 Å². The Morgan fingerprint density at radius 2 is 1.92 bits per heavy atom. The van der Waals surface area contributed by atoms with E-state index in [9.17, 15) is 18.8 Å². The molecular formula is C28H27F2N7O. The van der Waals surface area contributed by atoms with Crippen molar-refractivity contribution in [1.29, 1.82) is 5.26 Å². The number of hydrogen-bond donors (Lipinski definition) is 1. The van der Waals surface area contributed by atoms with Crippen molar-refractivity contribution < 1.29 is 8.78 Å². The molecule has 5 rings (SSSR count). The van der Waals surface area contributed by atoms with Crippen LogP contribution in [0.25, 0.3) is 28.0 Å². The lowest BCUT2D eigenvalue weighted by molar-refractivity contribution is 0.497. The molecule has 10 heteroatoms. The van der Waals surface area contributed by atoms with Crippen LogP contribution in [0.3, 0.4) is 0 Å². The number of halogens is 2. The van der Waals surface area contributed by atoms with Crippen LogP contribution in [0.2, 0.25) is 0 Å². The average molecular weight is 516 g/mol. The van der Waals surface area contributed by atoms with Gasteiger partial charge in [0, 0.05) is 31.9 Å². The van der Waals surface area contributed by atoms with Crippen LogP contribution in [-0.4, -0.2) is 45.2 Å². The van der Waals surface area contributed by atoms with E-state index in [-0.39, 0.29) is 28.9 Å². The number of nitriles is 1. The quantitative estimate of drug-likeness (QED) is 0.434. The molecule has 1 N–H and O–H groups in total. The molecule has 1 atom stereocenters. The van der Waals surface area contributed by atoms with Crippen LogP contribution in [0.4, 0.5) is 14.6 Å². The summed E-state index contributed by atoms with van der Waals surface area (Å²) in [7, 11) is 0.